The standard InChI is InChI=1S/C15H22F3N3/c1-14(19,13-5-3-2-4-6-13)11-20-7-9-21(10-8-20)12-15(16,17)18/h2-6H,7-12,19H2,1H3. The molecule has 1 atom stereocenters. The highest BCUT2D eigenvalue weighted by atomic mass is 19.4. The summed E-state index contributed by atoms with van der Waals surface area (Å²) < 4.78 is 37.1. The summed E-state index contributed by atoms with van der Waals surface area (Å²) >= 11 is 0. The van der Waals surface area contributed by atoms with Crippen molar-refractivity contribution in [2.75, 3.05) is 39.3 Å². The molecule has 118 valence electrons. The topological polar surface area (TPSA) is 32.5 Å². The molecule has 1 heterocycles. The molecule has 0 radical (unpaired) electrons. The molecule has 3 nitrogen and oxygen atoms in total. The average Bonchev–Trinajstić information content (AvgIpc) is 2.40. The Kier molecular flexibility index (Phi) is 4.91. The summed E-state index contributed by atoms with van der Waals surface area (Å²) in [5.74, 6) is 0. The molecule has 1 aliphatic heterocycles. The van der Waals surface area contributed by atoms with Gasteiger partial charge in [-0.05, 0) is 12.5 Å². The molecule has 1 aromatic carbocycles. The Bertz CT molecular complexity index is 437. The summed E-state index contributed by atoms with van der Waals surface area (Å²) in [5, 5.41) is 0. The average molecular weight is 301 g/mol. The molecule has 1 aliphatic rings. The lowest BCUT2D eigenvalue weighted by Crippen LogP contribution is -2.54. The molecule has 0 saturated carbocycles. The zero-order chi connectivity index (χ0) is 15.5. The van der Waals surface area contributed by atoms with E-state index in [0.29, 0.717) is 32.7 Å². The first-order chi connectivity index (χ1) is 9.76. The molecule has 0 aromatic heterocycles. The summed E-state index contributed by atoms with van der Waals surface area (Å²) in [6, 6.07) is 9.80. The van der Waals surface area contributed by atoms with Crippen LogP contribution in [0.2, 0.25) is 0 Å². The summed E-state index contributed by atoms with van der Waals surface area (Å²) in [6.45, 7) is 3.90. The van der Waals surface area contributed by atoms with Crippen LogP contribution >= 0.6 is 0 Å². The van der Waals surface area contributed by atoms with Crippen LogP contribution in [0.25, 0.3) is 0 Å². The molecule has 0 amide bonds. The van der Waals surface area contributed by atoms with Crippen LogP contribution in [0.5, 0.6) is 0 Å². The summed E-state index contributed by atoms with van der Waals surface area (Å²) in [4.78, 5) is 3.59. The number of hydrogen-bond acceptors (Lipinski definition) is 3. The summed E-state index contributed by atoms with van der Waals surface area (Å²) in [5.41, 5.74) is 6.92. The van der Waals surface area contributed by atoms with Gasteiger partial charge in [-0.25, -0.2) is 0 Å². The fourth-order valence-corrected chi connectivity index (χ4v) is 2.73. The molecule has 0 spiro atoms. The number of halogens is 3. The fraction of sp³-hybridized carbons (Fsp3) is 0.600. The number of alkyl halides is 3. The van der Waals surface area contributed by atoms with E-state index in [1.165, 1.54) is 4.90 Å². The molecular weight excluding hydrogens is 279 g/mol. The highest BCUT2D eigenvalue weighted by Crippen LogP contribution is 2.21. The second-order valence-electron chi connectivity index (χ2n) is 5.95. The molecule has 0 bridgehead atoms. The van der Waals surface area contributed by atoms with E-state index in [0.717, 1.165) is 5.56 Å². The molecular formula is C15H22F3N3. The third kappa shape index (κ3) is 4.98. The molecule has 1 fully saturated rings. The van der Waals surface area contributed by atoms with Crippen molar-refractivity contribution in [1.29, 1.82) is 0 Å². The molecule has 1 aromatic rings. The molecule has 21 heavy (non-hydrogen) atoms. The van der Waals surface area contributed by atoms with Crippen LogP contribution in [0.1, 0.15) is 12.5 Å². The lowest BCUT2D eigenvalue weighted by molar-refractivity contribution is -0.149. The van der Waals surface area contributed by atoms with Crippen molar-refractivity contribution >= 4 is 0 Å². The van der Waals surface area contributed by atoms with Crippen LogP contribution in [-0.4, -0.2) is 55.2 Å². The van der Waals surface area contributed by atoms with Gasteiger partial charge in [-0.15, -0.1) is 0 Å². The number of nitrogens with zero attached hydrogens (tertiary/aromatic N) is 2. The zero-order valence-corrected chi connectivity index (χ0v) is 12.2. The quantitative estimate of drug-likeness (QED) is 0.924. The van der Waals surface area contributed by atoms with Gasteiger partial charge in [0, 0.05) is 32.7 Å². The largest absolute Gasteiger partial charge is 0.401 e. The van der Waals surface area contributed by atoms with Gasteiger partial charge in [-0.3, -0.25) is 9.80 Å². The van der Waals surface area contributed by atoms with Gasteiger partial charge in [-0.2, -0.15) is 13.2 Å². The van der Waals surface area contributed by atoms with Crippen molar-refractivity contribution in [3.8, 4) is 0 Å². The Labute approximate surface area is 123 Å². The number of benzene rings is 1. The van der Waals surface area contributed by atoms with Crippen LogP contribution in [0, 0.1) is 0 Å². The maximum absolute atomic E-state index is 12.4. The van der Waals surface area contributed by atoms with Gasteiger partial charge in [0.15, 0.2) is 0 Å². The summed E-state index contributed by atoms with van der Waals surface area (Å²) in [7, 11) is 0. The Morgan fingerprint density at radius 3 is 1.90 bits per heavy atom. The Hall–Kier alpha value is -1.11. The molecule has 2 N–H and O–H groups in total. The van der Waals surface area contributed by atoms with E-state index in [-0.39, 0.29) is 0 Å². The second kappa shape index (κ2) is 6.34. The molecule has 1 saturated heterocycles. The van der Waals surface area contributed by atoms with Crippen molar-refractivity contribution in [2.45, 2.75) is 18.6 Å². The van der Waals surface area contributed by atoms with Crippen LogP contribution in [0.3, 0.4) is 0 Å². The minimum absolute atomic E-state index is 0.435. The van der Waals surface area contributed by atoms with E-state index >= 15 is 0 Å². The first kappa shape index (κ1) is 16.3. The van der Waals surface area contributed by atoms with Gasteiger partial charge >= 0.3 is 6.18 Å². The van der Waals surface area contributed by atoms with E-state index < -0.39 is 18.3 Å². The second-order valence-corrected chi connectivity index (χ2v) is 5.95. The van der Waals surface area contributed by atoms with E-state index in [2.05, 4.69) is 4.90 Å². The summed E-state index contributed by atoms with van der Waals surface area (Å²) in [6.07, 6.45) is -4.12. The van der Waals surface area contributed by atoms with Crippen LogP contribution < -0.4 is 5.73 Å². The van der Waals surface area contributed by atoms with Crippen molar-refractivity contribution in [3.05, 3.63) is 35.9 Å². The zero-order valence-electron chi connectivity index (χ0n) is 12.2. The van der Waals surface area contributed by atoms with E-state index in [1.54, 1.807) is 0 Å². The lowest BCUT2D eigenvalue weighted by Gasteiger charge is -2.39. The number of rotatable bonds is 4. The number of hydrogen-bond donors (Lipinski definition) is 1. The first-order valence-electron chi connectivity index (χ1n) is 7.12. The highest BCUT2D eigenvalue weighted by molar-refractivity contribution is 5.23. The van der Waals surface area contributed by atoms with Gasteiger partial charge in [0.2, 0.25) is 0 Å². The maximum atomic E-state index is 12.4. The molecule has 6 heteroatoms. The molecule has 2 rings (SSSR count). The van der Waals surface area contributed by atoms with E-state index in [4.69, 9.17) is 5.73 Å². The van der Waals surface area contributed by atoms with E-state index in [9.17, 15) is 13.2 Å². The minimum atomic E-state index is -4.12. The highest BCUT2D eigenvalue weighted by Gasteiger charge is 2.33. The Morgan fingerprint density at radius 1 is 0.952 bits per heavy atom. The van der Waals surface area contributed by atoms with Crippen molar-refractivity contribution in [2.24, 2.45) is 5.73 Å². The first-order valence-corrected chi connectivity index (χ1v) is 7.12. The van der Waals surface area contributed by atoms with Crippen molar-refractivity contribution in [3.63, 3.8) is 0 Å². The predicted molar refractivity (Wildman–Crippen MR) is 76.9 cm³/mol. The van der Waals surface area contributed by atoms with Crippen molar-refractivity contribution < 1.29 is 13.2 Å². The van der Waals surface area contributed by atoms with Crippen molar-refractivity contribution in [1.82, 2.24) is 9.80 Å². The number of nitrogens with two attached hydrogens (primary N) is 1. The van der Waals surface area contributed by atoms with Gasteiger partial charge in [0.1, 0.15) is 0 Å². The van der Waals surface area contributed by atoms with Gasteiger partial charge in [-0.1, -0.05) is 30.3 Å². The molecule has 0 aliphatic carbocycles. The normalized spacial score (nSPS) is 21.2. The fourth-order valence-electron chi connectivity index (χ4n) is 2.73. The third-order valence-corrected chi connectivity index (χ3v) is 3.85. The Balaban J connectivity index is 1.86. The van der Waals surface area contributed by atoms with Gasteiger partial charge in [0.25, 0.3) is 0 Å². The van der Waals surface area contributed by atoms with Gasteiger partial charge in [0.05, 0.1) is 12.1 Å². The smallest absolute Gasteiger partial charge is 0.321 e. The van der Waals surface area contributed by atoms with Crippen LogP contribution in [0.4, 0.5) is 13.2 Å². The Morgan fingerprint density at radius 2 is 1.43 bits per heavy atom. The van der Waals surface area contributed by atoms with E-state index in [1.807, 2.05) is 37.3 Å². The van der Waals surface area contributed by atoms with Gasteiger partial charge < -0.3 is 5.73 Å². The minimum Gasteiger partial charge on any atom is -0.321 e. The predicted octanol–water partition coefficient (Wildman–Crippen LogP) is 2.04. The van der Waals surface area contributed by atoms with Crippen LogP contribution in [0.15, 0.2) is 30.3 Å². The van der Waals surface area contributed by atoms with Crippen LogP contribution in [-0.2, 0) is 5.54 Å². The number of piperazine rings is 1. The molecule has 1 unspecified atom stereocenters. The SMILES string of the molecule is CC(N)(CN1CCN(CC(F)(F)F)CC1)c1ccccc1. The lowest BCUT2D eigenvalue weighted by atomic mass is 9.92. The monoisotopic (exact) mass is 301 g/mol. The maximum Gasteiger partial charge on any atom is 0.401 e. The third-order valence-electron chi connectivity index (χ3n) is 3.85.